The second kappa shape index (κ2) is 5.61. The maximum Gasteiger partial charge on any atom is 0.297 e. The summed E-state index contributed by atoms with van der Waals surface area (Å²) in [6.45, 7) is 7.55. The molecule has 0 saturated heterocycles. The fraction of sp³-hybridized carbons (Fsp3) is 0.412. The number of aromatic nitrogens is 2. The number of amides is 1. The monoisotopic (exact) mass is 315 g/mol. The number of hydrogen-bond donors (Lipinski definition) is 1. The summed E-state index contributed by atoms with van der Waals surface area (Å²) in [6.07, 6.45) is 1.48. The van der Waals surface area contributed by atoms with E-state index < -0.39 is 5.91 Å². The average Bonchev–Trinajstić information content (AvgIpc) is 3.02. The van der Waals surface area contributed by atoms with Crippen molar-refractivity contribution in [3.63, 3.8) is 0 Å². The molecule has 2 N–H and O–H groups in total. The second-order valence-electron chi connectivity index (χ2n) is 6.75. The minimum atomic E-state index is -0.553. The van der Waals surface area contributed by atoms with Gasteiger partial charge in [-0.05, 0) is 23.1 Å². The first-order chi connectivity index (χ1) is 10.8. The van der Waals surface area contributed by atoms with Crippen LogP contribution in [0.4, 0.5) is 0 Å². The zero-order valence-corrected chi connectivity index (χ0v) is 13.6. The molecule has 0 fully saturated rings. The first kappa shape index (κ1) is 15.4. The van der Waals surface area contributed by atoms with Gasteiger partial charge in [-0.25, -0.2) is 0 Å². The summed E-state index contributed by atoms with van der Waals surface area (Å²) in [7, 11) is 0. The molecular formula is C17H21N3O3. The Labute approximate surface area is 135 Å². The van der Waals surface area contributed by atoms with Crippen LogP contribution in [0.15, 0.2) is 30.5 Å². The Bertz CT molecular complexity index is 690. The lowest BCUT2D eigenvalue weighted by atomic mass is 9.87. The predicted octanol–water partition coefficient (Wildman–Crippen LogP) is 2.12. The quantitative estimate of drug-likeness (QED) is 0.937. The van der Waals surface area contributed by atoms with Crippen LogP contribution in [0, 0.1) is 0 Å². The molecule has 1 amide bonds. The van der Waals surface area contributed by atoms with Crippen LogP contribution >= 0.6 is 0 Å². The highest BCUT2D eigenvalue weighted by molar-refractivity contribution is 5.90. The van der Waals surface area contributed by atoms with Crippen molar-refractivity contribution in [2.75, 3.05) is 6.61 Å². The third-order valence-corrected chi connectivity index (χ3v) is 3.82. The molecule has 1 atom stereocenters. The number of nitrogens with two attached hydrogens (primary N) is 1. The van der Waals surface area contributed by atoms with E-state index in [2.05, 4.69) is 37.9 Å². The average molecular weight is 315 g/mol. The molecule has 0 bridgehead atoms. The molecule has 1 aliphatic heterocycles. The van der Waals surface area contributed by atoms with Crippen molar-refractivity contribution in [3.8, 4) is 11.8 Å². The van der Waals surface area contributed by atoms with Gasteiger partial charge in [-0.3, -0.25) is 9.36 Å². The van der Waals surface area contributed by atoms with Crippen LogP contribution in [0.25, 0.3) is 0 Å². The van der Waals surface area contributed by atoms with E-state index in [0.717, 1.165) is 5.75 Å². The van der Waals surface area contributed by atoms with Crippen LogP contribution in [0.3, 0.4) is 0 Å². The van der Waals surface area contributed by atoms with E-state index in [9.17, 15) is 4.79 Å². The zero-order chi connectivity index (χ0) is 16.6. The Balaban J connectivity index is 1.56. The first-order valence-electron chi connectivity index (χ1n) is 7.60. The van der Waals surface area contributed by atoms with E-state index in [4.69, 9.17) is 15.2 Å². The van der Waals surface area contributed by atoms with Gasteiger partial charge >= 0.3 is 0 Å². The number of primary amides is 1. The van der Waals surface area contributed by atoms with Crippen LogP contribution in [0.1, 0.15) is 36.8 Å². The minimum absolute atomic E-state index is 0.123. The van der Waals surface area contributed by atoms with Gasteiger partial charge in [0.15, 0.2) is 6.10 Å². The maximum absolute atomic E-state index is 11.1. The van der Waals surface area contributed by atoms with E-state index in [0.29, 0.717) is 19.2 Å². The fourth-order valence-electron chi connectivity index (χ4n) is 2.48. The summed E-state index contributed by atoms with van der Waals surface area (Å²) in [5, 5.41) is 0. The third kappa shape index (κ3) is 3.31. The van der Waals surface area contributed by atoms with Gasteiger partial charge in [0.1, 0.15) is 18.1 Å². The Kier molecular flexibility index (Phi) is 3.75. The van der Waals surface area contributed by atoms with Crippen molar-refractivity contribution in [2.45, 2.75) is 38.8 Å². The number of fused-ring (bicyclic) bond motifs is 1. The van der Waals surface area contributed by atoms with Gasteiger partial charge in [-0.15, -0.1) is 0 Å². The molecule has 23 heavy (non-hydrogen) atoms. The van der Waals surface area contributed by atoms with E-state index in [1.165, 1.54) is 5.56 Å². The topological polar surface area (TPSA) is 79.4 Å². The number of nitrogens with zero attached hydrogens (tertiary/aromatic N) is 2. The Morgan fingerprint density at radius 2 is 2.09 bits per heavy atom. The van der Waals surface area contributed by atoms with E-state index in [1.54, 1.807) is 10.8 Å². The molecule has 2 aromatic rings. The Morgan fingerprint density at radius 1 is 1.39 bits per heavy atom. The standard InChI is InChI=1S/C17H21N3O3/c1-17(2,3)11-4-6-12(7-5-11)22-10-13-8-20-9-14(15(18)21)19-16(20)23-13/h4-7,9,13H,8,10H2,1-3H3,(H2,18,21)/t13-/m0/s1. The van der Waals surface area contributed by atoms with Crippen LogP contribution in [-0.2, 0) is 12.0 Å². The van der Waals surface area contributed by atoms with Crippen molar-refractivity contribution in [2.24, 2.45) is 5.73 Å². The van der Waals surface area contributed by atoms with Gasteiger partial charge in [0.25, 0.3) is 11.9 Å². The highest BCUT2D eigenvalue weighted by Crippen LogP contribution is 2.25. The smallest absolute Gasteiger partial charge is 0.297 e. The molecule has 3 rings (SSSR count). The molecule has 2 heterocycles. The molecule has 1 aromatic carbocycles. The van der Waals surface area contributed by atoms with E-state index >= 15 is 0 Å². The van der Waals surface area contributed by atoms with Crippen molar-refractivity contribution < 1.29 is 14.3 Å². The van der Waals surface area contributed by atoms with Crippen LogP contribution < -0.4 is 15.2 Å². The summed E-state index contributed by atoms with van der Waals surface area (Å²) >= 11 is 0. The normalized spacial score (nSPS) is 16.7. The predicted molar refractivity (Wildman–Crippen MR) is 85.8 cm³/mol. The number of carbonyl (C=O) groups excluding carboxylic acids is 1. The minimum Gasteiger partial charge on any atom is -0.490 e. The lowest BCUT2D eigenvalue weighted by Gasteiger charge is -2.19. The number of hydrogen-bond acceptors (Lipinski definition) is 4. The number of benzene rings is 1. The molecule has 6 nitrogen and oxygen atoms in total. The summed E-state index contributed by atoms with van der Waals surface area (Å²) in [5.74, 6) is 0.256. The first-order valence-corrected chi connectivity index (χ1v) is 7.60. The van der Waals surface area contributed by atoms with Crippen LogP contribution in [-0.4, -0.2) is 28.2 Å². The van der Waals surface area contributed by atoms with Gasteiger partial charge in [0.05, 0.1) is 6.54 Å². The van der Waals surface area contributed by atoms with Crippen molar-refractivity contribution >= 4 is 5.91 Å². The number of ether oxygens (including phenoxy) is 2. The molecule has 0 aliphatic carbocycles. The summed E-state index contributed by atoms with van der Waals surface area (Å²) < 4.78 is 13.2. The number of carbonyl (C=O) groups is 1. The molecule has 0 unspecified atom stereocenters. The highest BCUT2D eigenvalue weighted by Gasteiger charge is 2.26. The van der Waals surface area contributed by atoms with Crippen molar-refractivity contribution in [1.29, 1.82) is 0 Å². The molecule has 0 saturated carbocycles. The Morgan fingerprint density at radius 3 is 2.65 bits per heavy atom. The summed E-state index contributed by atoms with van der Waals surface area (Å²) in [4.78, 5) is 15.1. The van der Waals surface area contributed by atoms with Crippen LogP contribution in [0.2, 0.25) is 0 Å². The molecule has 0 radical (unpaired) electrons. The van der Waals surface area contributed by atoms with E-state index in [1.807, 2.05) is 12.1 Å². The summed E-state index contributed by atoms with van der Waals surface area (Å²) in [6, 6.07) is 8.51. The number of rotatable bonds is 4. The van der Waals surface area contributed by atoms with Gasteiger partial charge in [-0.2, -0.15) is 4.98 Å². The maximum atomic E-state index is 11.1. The summed E-state index contributed by atoms with van der Waals surface area (Å²) in [5.41, 5.74) is 6.80. The van der Waals surface area contributed by atoms with Gasteiger partial charge < -0.3 is 15.2 Å². The van der Waals surface area contributed by atoms with Crippen LogP contribution in [0.5, 0.6) is 11.8 Å². The van der Waals surface area contributed by atoms with Crippen molar-refractivity contribution in [3.05, 3.63) is 41.7 Å². The molecule has 1 aromatic heterocycles. The molecule has 0 spiro atoms. The van der Waals surface area contributed by atoms with E-state index in [-0.39, 0.29) is 17.2 Å². The highest BCUT2D eigenvalue weighted by atomic mass is 16.6. The fourth-order valence-corrected chi connectivity index (χ4v) is 2.48. The van der Waals surface area contributed by atoms with Crippen molar-refractivity contribution in [1.82, 2.24) is 9.55 Å². The zero-order valence-electron chi connectivity index (χ0n) is 13.6. The molecule has 6 heteroatoms. The Hall–Kier alpha value is -2.50. The molecule has 1 aliphatic rings. The van der Waals surface area contributed by atoms with Gasteiger partial charge in [-0.1, -0.05) is 32.9 Å². The lowest BCUT2D eigenvalue weighted by Crippen LogP contribution is -2.24. The molecular weight excluding hydrogens is 294 g/mol. The van der Waals surface area contributed by atoms with Gasteiger partial charge in [0, 0.05) is 6.20 Å². The second-order valence-corrected chi connectivity index (χ2v) is 6.75. The SMILES string of the molecule is CC(C)(C)c1ccc(OC[C@@H]2Cn3cc(C(N)=O)nc3O2)cc1. The largest absolute Gasteiger partial charge is 0.490 e. The third-order valence-electron chi connectivity index (χ3n) is 3.82. The molecule has 122 valence electrons. The lowest BCUT2D eigenvalue weighted by molar-refractivity contribution is 0.0993. The number of imidazole rings is 1. The van der Waals surface area contributed by atoms with Gasteiger partial charge in [0.2, 0.25) is 0 Å².